The van der Waals surface area contributed by atoms with Crippen molar-refractivity contribution in [1.82, 2.24) is 24.5 Å². The van der Waals surface area contributed by atoms with Gasteiger partial charge in [0, 0.05) is 45.7 Å². The van der Waals surface area contributed by atoms with E-state index in [1.807, 2.05) is 12.3 Å². The van der Waals surface area contributed by atoms with Gasteiger partial charge in [-0.25, -0.2) is 4.98 Å². The first-order chi connectivity index (χ1) is 16.1. The highest BCUT2D eigenvalue weighted by Gasteiger charge is 2.39. The van der Waals surface area contributed by atoms with Gasteiger partial charge in [-0.1, -0.05) is 0 Å². The van der Waals surface area contributed by atoms with Crippen LogP contribution in [0.25, 0.3) is 5.65 Å². The summed E-state index contributed by atoms with van der Waals surface area (Å²) in [6.45, 7) is 1.30. The number of nitrogens with one attached hydrogen (secondary N) is 3. The number of ether oxygens (including phenoxy) is 2. The first kappa shape index (κ1) is 21.4. The molecule has 3 N–H and O–H groups in total. The Morgan fingerprint density at radius 1 is 1.30 bits per heavy atom. The molecule has 33 heavy (non-hydrogen) atoms. The molecule has 3 aromatic heterocycles. The molecule has 3 aromatic rings. The number of aromatic nitrogens is 4. The highest BCUT2D eigenvalue weighted by Crippen LogP contribution is 2.26. The van der Waals surface area contributed by atoms with Crippen LogP contribution < -0.4 is 21.5 Å². The molecule has 1 saturated carbocycles. The van der Waals surface area contributed by atoms with Crippen LogP contribution in [0.5, 0.6) is 0 Å². The number of fused-ring (bicyclic) bond motifs is 1. The molecular formula is C22H27N7O4. The van der Waals surface area contributed by atoms with Crippen LogP contribution in [-0.4, -0.2) is 64.6 Å². The Kier molecular flexibility index (Phi) is 5.73. The number of pyridine rings is 1. The summed E-state index contributed by atoms with van der Waals surface area (Å²) in [6, 6.07) is 5.42. The molecule has 2 fully saturated rings. The molecule has 1 aliphatic heterocycles. The fraction of sp³-hybridized carbons (Fsp3) is 0.455. The Bertz CT molecular complexity index is 1230. The van der Waals surface area contributed by atoms with Gasteiger partial charge in [0.25, 0.3) is 11.5 Å². The van der Waals surface area contributed by atoms with E-state index in [1.165, 1.54) is 6.20 Å². The van der Waals surface area contributed by atoms with E-state index < -0.39 is 0 Å². The quantitative estimate of drug-likeness (QED) is 0.492. The van der Waals surface area contributed by atoms with Gasteiger partial charge in [0.05, 0.1) is 18.3 Å². The molecule has 0 spiro atoms. The Hall–Kier alpha value is -3.44. The molecule has 11 nitrogen and oxygen atoms in total. The van der Waals surface area contributed by atoms with Crippen LogP contribution in [0.4, 0.5) is 17.3 Å². The number of carbonyl (C=O) groups excluding carboxylic acids is 1. The second kappa shape index (κ2) is 8.83. The van der Waals surface area contributed by atoms with Crippen molar-refractivity contribution in [3.63, 3.8) is 0 Å². The fourth-order valence-electron chi connectivity index (χ4n) is 4.19. The lowest BCUT2D eigenvalue weighted by atomic mass is 10.1. The molecule has 0 unspecified atom stereocenters. The summed E-state index contributed by atoms with van der Waals surface area (Å²) in [6.07, 6.45) is 5.74. The Morgan fingerprint density at radius 2 is 2.12 bits per heavy atom. The minimum absolute atomic E-state index is 0.00417. The number of hydrogen-bond donors (Lipinski definition) is 3. The molecular weight excluding hydrogens is 426 g/mol. The molecule has 2 atom stereocenters. The van der Waals surface area contributed by atoms with Crippen molar-refractivity contribution in [3.05, 3.63) is 46.5 Å². The zero-order valence-corrected chi connectivity index (χ0v) is 18.6. The third kappa shape index (κ3) is 4.16. The molecule has 0 aromatic carbocycles. The Labute approximate surface area is 190 Å². The maximum absolute atomic E-state index is 13.1. The number of amides is 1. The van der Waals surface area contributed by atoms with Crippen molar-refractivity contribution in [2.75, 3.05) is 38.0 Å². The zero-order chi connectivity index (χ0) is 22.9. The van der Waals surface area contributed by atoms with Gasteiger partial charge in [-0.05, 0) is 31.4 Å². The Morgan fingerprint density at radius 3 is 2.85 bits per heavy atom. The van der Waals surface area contributed by atoms with Crippen LogP contribution in [0.2, 0.25) is 0 Å². The van der Waals surface area contributed by atoms with Crippen molar-refractivity contribution in [3.8, 4) is 0 Å². The minimum atomic E-state index is -0.261. The lowest BCUT2D eigenvalue weighted by molar-refractivity contribution is 0.0687. The van der Waals surface area contributed by atoms with E-state index in [4.69, 9.17) is 9.47 Å². The van der Waals surface area contributed by atoms with E-state index in [0.29, 0.717) is 41.7 Å². The van der Waals surface area contributed by atoms with Crippen molar-refractivity contribution in [2.45, 2.75) is 37.5 Å². The van der Waals surface area contributed by atoms with E-state index in [-0.39, 0.29) is 29.7 Å². The monoisotopic (exact) mass is 453 g/mol. The van der Waals surface area contributed by atoms with E-state index in [9.17, 15) is 9.59 Å². The third-order valence-corrected chi connectivity index (χ3v) is 6.15. The topological polar surface area (TPSA) is 124 Å². The summed E-state index contributed by atoms with van der Waals surface area (Å²) in [5, 5.41) is 13.5. The molecule has 4 heterocycles. The zero-order valence-electron chi connectivity index (χ0n) is 18.6. The Balaban J connectivity index is 1.45. The average Bonchev–Trinajstić information content (AvgIpc) is 3.45. The molecule has 11 heteroatoms. The van der Waals surface area contributed by atoms with Crippen molar-refractivity contribution < 1.29 is 14.3 Å². The van der Waals surface area contributed by atoms with Crippen LogP contribution in [-0.2, 0) is 9.47 Å². The lowest BCUT2D eigenvalue weighted by Gasteiger charge is -2.24. The summed E-state index contributed by atoms with van der Waals surface area (Å²) in [5.41, 5.74) is 1.03. The van der Waals surface area contributed by atoms with Gasteiger partial charge in [-0.3, -0.25) is 9.59 Å². The van der Waals surface area contributed by atoms with Crippen molar-refractivity contribution >= 4 is 28.9 Å². The molecule has 174 valence electrons. The maximum Gasteiger partial charge on any atom is 0.274 e. The van der Waals surface area contributed by atoms with E-state index in [1.54, 1.807) is 35.4 Å². The smallest absolute Gasteiger partial charge is 0.274 e. The van der Waals surface area contributed by atoms with Gasteiger partial charge < -0.3 is 30.0 Å². The van der Waals surface area contributed by atoms with Gasteiger partial charge >= 0.3 is 0 Å². The number of carbonyl (C=O) groups is 1. The molecule has 0 radical (unpaired) electrons. The van der Waals surface area contributed by atoms with Crippen LogP contribution >= 0.6 is 0 Å². The van der Waals surface area contributed by atoms with Gasteiger partial charge in [-0.2, -0.15) is 9.61 Å². The second-order valence-electron chi connectivity index (χ2n) is 8.26. The molecule has 2 aliphatic rings. The molecule has 1 amide bonds. The molecule has 0 bridgehead atoms. The van der Waals surface area contributed by atoms with Crippen LogP contribution in [0.3, 0.4) is 0 Å². The standard InChI is InChI=1S/C22H27N7O4/c1-23-19-11-18(25-15-4-3-7-28(22(15)31)13-5-8-33-9-6-13)27-20-14(12-24-29(19)20)21(30)26-16-10-17(16)32-2/h3-4,7,11-13,16-17,23H,5-6,8-10H2,1-2H3,(H,25,27)(H,26,30)/t16-,17-/m1/s1. The largest absolute Gasteiger partial charge is 0.381 e. The number of anilines is 3. The fourth-order valence-corrected chi connectivity index (χ4v) is 4.19. The average molecular weight is 454 g/mol. The highest BCUT2D eigenvalue weighted by atomic mass is 16.5. The van der Waals surface area contributed by atoms with Crippen molar-refractivity contribution in [2.24, 2.45) is 0 Å². The number of methoxy groups -OCH3 is 1. The van der Waals surface area contributed by atoms with E-state index >= 15 is 0 Å². The predicted molar refractivity (Wildman–Crippen MR) is 122 cm³/mol. The third-order valence-electron chi connectivity index (χ3n) is 6.15. The SMILES string of the molecule is CNc1cc(Nc2cccn(C3CCOCC3)c2=O)nc2c(C(=O)N[C@@H]3C[C@H]3OC)cnn12. The molecule has 5 rings (SSSR count). The van der Waals surface area contributed by atoms with E-state index in [0.717, 1.165) is 19.3 Å². The van der Waals surface area contributed by atoms with Crippen LogP contribution in [0, 0.1) is 0 Å². The summed E-state index contributed by atoms with van der Waals surface area (Å²) < 4.78 is 14.0. The highest BCUT2D eigenvalue weighted by molar-refractivity contribution is 6.00. The van der Waals surface area contributed by atoms with Crippen molar-refractivity contribution in [1.29, 1.82) is 0 Å². The number of nitrogens with zero attached hydrogens (tertiary/aromatic N) is 4. The first-order valence-corrected chi connectivity index (χ1v) is 11.0. The number of hydrogen-bond acceptors (Lipinski definition) is 8. The predicted octanol–water partition coefficient (Wildman–Crippen LogP) is 1.54. The van der Waals surface area contributed by atoms with Crippen LogP contribution in [0.1, 0.15) is 35.7 Å². The minimum Gasteiger partial charge on any atom is -0.381 e. The summed E-state index contributed by atoms with van der Waals surface area (Å²) in [7, 11) is 3.39. The van der Waals surface area contributed by atoms with Gasteiger partial charge in [0.1, 0.15) is 22.9 Å². The molecule has 1 saturated heterocycles. The summed E-state index contributed by atoms with van der Waals surface area (Å²) >= 11 is 0. The summed E-state index contributed by atoms with van der Waals surface area (Å²) in [5.74, 6) is 0.802. The van der Waals surface area contributed by atoms with Gasteiger partial charge in [-0.15, -0.1) is 0 Å². The van der Waals surface area contributed by atoms with E-state index in [2.05, 4.69) is 26.0 Å². The number of rotatable bonds is 7. The lowest BCUT2D eigenvalue weighted by Crippen LogP contribution is -2.29. The van der Waals surface area contributed by atoms with Crippen LogP contribution in [0.15, 0.2) is 35.4 Å². The van der Waals surface area contributed by atoms with Gasteiger partial charge in [0.2, 0.25) is 0 Å². The summed E-state index contributed by atoms with van der Waals surface area (Å²) in [4.78, 5) is 30.5. The molecule has 1 aliphatic carbocycles. The maximum atomic E-state index is 13.1. The second-order valence-corrected chi connectivity index (χ2v) is 8.26. The van der Waals surface area contributed by atoms with Gasteiger partial charge in [0.15, 0.2) is 5.65 Å². The first-order valence-electron chi connectivity index (χ1n) is 11.0. The normalized spacial score (nSPS) is 20.5.